The molecule has 0 bridgehead atoms. The molecule has 1 fully saturated rings. The van der Waals surface area contributed by atoms with Crippen LogP contribution in [0.25, 0.3) is 0 Å². The van der Waals surface area contributed by atoms with Gasteiger partial charge in [0.2, 0.25) is 11.8 Å². The lowest BCUT2D eigenvalue weighted by Crippen LogP contribution is -2.36. The van der Waals surface area contributed by atoms with Gasteiger partial charge in [0.15, 0.2) is 0 Å². The van der Waals surface area contributed by atoms with Gasteiger partial charge in [0.1, 0.15) is 5.92 Å². The molecule has 1 atom stereocenters. The van der Waals surface area contributed by atoms with Crippen LogP contribution in [-0.4, -0.2) is 18.4 Å². The first kappa shape index (κ1) is 15.6. The van der Waals surface area contributed by atoms with Gasteiger partial charge in [0, 0.05) is 23.8 Å². The zero-order valence-electron chi connectivity index (χ0n) is 12.5. The smallest absolute Gasteiger partial charge is 0.239 e. The standard InChI is InChI=1S/C18H17ClN2O2/c19-14-6-8-15(9-7-14)21-11-10-16(18(21)23)17(22)20-12-13-4-2-1-3-5-13/h1-9,16H,10-12H2,(H,20,22)/t16-/m1/s1. The van der Waals surface area contributed by atoms with E-state index in [4.69, 9.17) is 11.6 Å². The zero-order valence-corrected chi connectivity index (χ0v) is 13.3. The number of rotatable bonds is 4. The van der Waals surface area contributed by atoms with E-state index in [1.165, 1.54) is 0 Å². The van der Waals surface area contributed by atoms with Gasteiger partial charge in [-0.15, -0.1) is 0 Å². The number of hydrogen-bond donors (Lipinski definition) is 1. The molecular formula is C18H17ClN2O2. The Bertz CT molecular complexity index is 701. The second-order valence-corrected chi connectivity index (χ2v) is 5.95. The molecule has 1 saturated heterocycles. The lowest BCUT2D eigenvalue weighted by atomic mass is 10.1. The maximum Gasteiger partial charge on any atom is 0.239 e. The largest absolute Gasteiger partial charge is 0.351 e. The Balaban J connectivity index is 1.62. The van der Waals surface area contributed by atoms with Crippen LogP contribution in [-0.2, 0) is 16.1 Å². The molecule has 2 aromatic rings. The first-order chi connectivity index (χ1) is 11.1. The summed E-state index contributed by atoms with van der Waals surface area (Å²) in [6.07, 6.45) is 0.530. The molecule has 0 aliphatic carbocycles. The van der Waals surface area contributed by atoms with Gasteiger partial charge in [0.05, 0.1) is 0 Å². The van der Waals surface area contributed by atoms with E-state index in [2.05, 4.69) is 5.32 Å². The minimum Gasteiger partial charge on any atom is -0.351 e. The molecule has 118 valence electrons. The topological polar surface area (TPSA) is 49.4 Å². The Morgan fingerprint density at radius 2 is 1.83 bits per heavy atom. The average Bonchev–Trinajstić information content (AvgIpc) is 2.96. The summed E-state index contributed by atoms with van der Waals surface area (Å²) in [7, 11) is 0. The van der Waals surface area contributed by atoms with Crippen molar-refractivity contribution in [1.29, 1.82) is 0 Å². The number of nitrogens with one attached hydrogen (secondary N) is 1. The maximum absolute atomic E-state index is 12.5. The van der Waals surface area contributed by atoms with E-state index in [0.29, 0.717) is 24.5 Å². The van der Waals surface area contributed by atoms with Crippen LogP contribution < -0.4 is 10.2 Å². The van der Waals surface area contributed by atoms with Crippen molar-refractivity contribution in [3.8, 4) is 0 Å². The van der Waals surface area contributed by atoms with Crippen LogP contribution in [0.4, 0.5) is 5.69 Å². The summed E-state index contributed by atoms with van der Waals surface area (Å²) >= 11 is 5.87. The van der Waals surface area contributed by atoms with Crippen molar-refractivity contribution in [3.05, 3.63) is 65.2 Å². The fourth-order valence-electron chi connectivity index (χ4n) is 2.71. The van der Waals surface area contributed by atoms with E-state index in [1.807, 2.05) is 30.3 Å². The van der Waals surface area contributed by atoms with E-state index in [0.717, 1.165) is 11.3 Å². The van der Waals surface area contributed by atoms with Gasteiger partial charge in [-0.2, -0.15) is 0 Å². The monoisotopic (exact) mass is 328 g/mol. The van der Waals surface area contributed by atoms with Gasteiger partial charge in [0.25, 0.3) is 0 Å². The summed E-state index contributed by atoms with van der Waals surface area (Å²) < 4.78 is 0. The highest BCUT2D eigenvalue weighted by Crippen LogP contribution is 2.26. The molecule has 1 N–H and O–H groups in total. The molecule has 23 heavy (non-hydrogen) atoms. The Kier molecular flexibility index (Phi) is 4.63. The Hall–Kier alpha value is -2.33. The quantitative estimate of drug-likeness (QED) is 0.877. The molecule has 0 saturated carbocycles. The van der Waals surface area contributed by atoms with E-state index in [1.54, 1.807) is 29.2 Å². The van der Waals surface area contributed by atoms with Crippen LogP contribution in [0.3, 0.4) is 0 Å². The second-order valence-electron chi connectivity index (χ2n) is 5.51. The third-order valence-electron chi connectivity index (χ3n) is 3.97. The average molecular weight is 329 g/mol. The molecule has 1 heterocycles. The third kappa shape index (κ3) is 3.54. The molecule has 5 heteroatoms. The third-order valence-corrected chi connectivity index (χ3v) is 4.22. The molecular weight excluding hydrogens is 312 g/mol. The molecule has 0 radical (unpaired) electrons. The first-order valence-corrected chi connectivity index (χ1v) is 7.91. The summed E-state index contributed by atoms with van der Waals surface area (Å²) in [5.41, 5.74) is 1.79. The van der Waals surface area contributed by atoms with E-state index in [-0.39, 0.29) is 11.8 Å². The minimum atomic E-state index is -0.616. The predicted molar refractivity (Wildman–Crippen MR) is 90.2 cm³/mol. The van der Waals surface area contributed by atoms with Crippen molar-refractivity contribution in [2.24, 2.45) is 5.92 Å². The SMILES string of the molecule is O=C(NCc1ccccc1)[C@H]1CCN(c2ccc(Cl)cc2)C1=O. The van der Waals surface area contributed by atoms with Crippen LogP contribution in [0.15, 0.2) is 54.6 Å². The molecule has 1 aliphatic rings. The molecule has 4 nitrogen and oxygen atoms in total. The number of carbonyl (C=O) groups excluding carboxylic acids is 2. The number of carbonyl (C=O) groups is 2. The number of hydrogen-bond acceptors (Lipinski definition) is 2. The molecule has 2 amide bonds. The molecule has 1 aliphatic heterocycles. The number of amides is 2. The number of benzene rings is 2. The van der Waals surface area contributed by atoms with Gasteiger partial charge < -0.3 is 10.2 Å². The van der Waals surface area contributed by atoms with Gasteiger partial charge in [-0.1, -0.05) is 41.9 Å². The van der Waals surface area contributed by atoms with Crippen molar-refractivity contribution in [3.63, 3.8) is 0 Å². The molecule has 0 aromatic heterocycles. The fraction of sp³-hybridized carbons (Fsp3) is 0.222. The first-order valence-electron chi connectivity index (χ1n) is 7.54. The highest BCUT2D eigenvalue weighted by molar-refractivity contribution is 6.30. The lowest BCUT2D eigenvalue weighted by Gasteiger charge is -2.16. The van der Waals surface area contributed by atoms with Crippen LogP contribution in [0.1, 0.15) is 12.0 Å². The van der Waals surface area contributed by atoms with Gasteiger partial charge in [-0.25, -0.2) is 0 Å². The van der Waals surface area contributed by atoms with Crippen molar-refractivity contribution in [2.75, 3.05) is 11.4 Å². The molecule has 2 aromatic carbocycles. The molecule has 0 unspecified atom stereocenters. The van der Waals surface area contributed by atoms with Gasteiger partial charge in [-0.05, 0) is 36.2 Å². The maximum atomic E-state index is 12.5. The van der Waals surface area contributed by atoms with Crippen molar-refractivity contribution < 1.29 is 9.59 Å². The normalized spacial score (nSPS) is 17.3. The number of anilines is 1. The van der Waals surface area contributed by atoms with Crippen molar-refractivity contribution in [1.82, 2.24) is 5.32 Å². The van der Waals surface area contributed by atoms with Crippen molar-refractivity contribution in [2.45, 2.75) is 13.0 Å². The zero-order chi connectivity index (χ0) is 16.2. The summed E-state index contributed by atoms with van der Waals surface area (Å²) in [6, 6.07) is 16.7. The lowest BCUT2D eigenvalue weighted by molar-refractivity contribution is -0.132. The molecule has 0 spiro atoms. The Morgan fingerprint density at radius 3 is 2.52 bits per heavy atom. The predicted octanol–water partition coefficient (Wildman–Crippen LogP) is 3.01. The molecule has 3 rings (SSSR count). The second kappa shape index (κ2) is 6.84. The number of nitrogens with zero attached hydrogens (tertiary/aromatic N) is 1. The van der Waals surface area contributed by atoms with Gasteiger partial charge >= 0.3 is 0 Å². The van der Waals surface area contributed by atoms with E-state index >= 15 is 0 Å². The Labute approximate surface area is 140 Å². The Morgan fingerprint density at radius 1 is 1.13 bits per heavy atom. The summed E-state index contributed by atoms with van der Waals surface area (Å²) in [5.74, 6) is -0.984. The summed E-state index contributed by atoms with van der Waals surface area (Å²) in [5, 5.41) is 3.47. The number of halogens is 1. The summed E-state index contributed by atoms with van der Waals surface area (Å²) in [4.78, 5) is 26.4. The highest BCUT2D eigenvalue weighted by Gasteiger charge is 2.37. The minimum absolute atomic E-state index is 0.155. The highest BCUT2D eigenvalue weighted by atomic mass is 35.5. The van der Waals surface area contributed by atoms with Crippen molar-refractivity contribution >= 4 is 29.1 Å². The van der Waals surface area contributed by atoms with Crippen LogP contribution in [0.5, 0.6) is 0 Å². The van der Waals surface area contributed by atoms with E-state index < -0.39 is 5.92 Å². The fourth-order valence-corrected chi connectivity index (χ4v) is 2.83. The summed E-state index contributed by atoms with van der Waals surface area (Å²) in [6.45, 7) is 0.980. The van der Waals surface area contributed by atoms with Gasteiger partial charge in [-0.3, -0.25) is 9.59 Å². The van der Waals surface area contributed by atoms with Crippen LogP contribution in [0, 0.1) is 5.92 Å². The van der Waals surface area contributed by atoms with Crippen LogP contribution in [0.2, 0.25) is 5.02 Å². The van der Waals surface area contributed by atoms with E-state index in [9.17, 15) is 9.59 Å². The van der Waals surface area contributed by atoms with Crippen LogP contribution >= 0.6 is 11.6 Å².